The molecule has 1 amide bonds. The SMILES string of the molecule is CC(=O)N1c2ccc(S(=O)(=O)NCc3ccc(F)cc3)cc2CC1C. The third-order valence-corrected chi connectivity index (χ3v) is 5.69. The van der Waals surface area contributed by atoms with Crippen molar-refractivity contribution in [1.82, 2.24) is 4.72 Å². The Bertz CT molecular complexity index is 910. The van der Waals surface area contributed by atoms with Crippen molar-refractivity contribution >= 4 is 21.6 Å². The fourth-order valence-corrected chi connectivity index (χ4v) is 4.19. The van der Waals surface area contributed by atoms with E-state index in [2.05, 4.69) is 4.72 Å². The molecule has 0 fully saturated rings. The van der Waals surface area contributed by atoms with Gasteiger partial charge >= 0.3 is 0 Å². The first-order valence-electron chi connectivity index (χ1n) is 7.95. The Hall–Kier alpha value is -2.25. The molecule has 132 valence electrons. The van der Waals surface area contributed by atoms with Crippen molar-refractivity contribution in [2.24, 2.45) is 0 Å². The number of halogens is 1. The molecule has 5 nitrogen and oxygen atoms in total. The molecule has 0 saturated carbocycles. The summed E-state index contributed by atoms with van der Waals surface area (Å²) in [5, 5.41) is 0. The van der Waals surface area contributed by atoms with Gasteiger partial charge in [0, 0.05) is 25.2 Å². The lowest BCUT2D eigenvalue weighted by Crippen LogP contribution is -2.33. The van der Waals surface area contributed by atoms with Gasteiger partial charge in [-0.25, -0.2) is 17.5 Å². The van der Waals surface area contributed by atoms with Crippen molar-refractivity contribution in [3.63, 3.8) is 0 Å². The van der Waals surface area contributed by atoms with Crippen molar-refractivity contribution in [1.29, 1.82) is 0 Å². The number of hydrogen-bond acceptors (Lipinski definition) is 3. The van der Waals surface area contributed by atoms with Crippen LogP contribution in [0.2, 0.25) is 0 Å². The molecule has 1 aliphatic heterocycles. The molecular formula is C18H19FN2O3S. The monoisotopic (exact) mass is 362 g/mol. The Labute approximate surface area is 146 Å². The number of nitrogens with one attached hydrogen (secondary N) is 1. The van der Waals surface area contributed by atoms with Gasteiger partial charge in [0.25, 0.3) is 0 Å². The predicted molar refractivity (Wildman–Crippen MR) is 93.2 cm³/mol. The van der Waals surface area contributed by atoms with Crippen LogP contribution in [0.1, 0.15) is 25.0 Å². The smallest absolute Gasteiger partial charge is 0.240 e. The largest absolute Gasteiger partial charge is 0.309 e. The van der Waals surface area contributed by atoms with Crippen LogP contribution in [-0.4, -0.2) is 20.4 Å². The molecule has 1 heterocycles. The van der Waals surface area contributed by atoms with E-state index in [1.807, 2.05) is 6.92 Å². The molecule has 1 unspecified atom stereocenters. The summed E-state index contributed by atoms with van der Waals surface area (Å²) < 4.78 is 40.4. The standard InChI is InChI=1S/C18H19FN2O3S/c1-12-9-15-10-17(7-8-18(15)21(12)13(2)22)25(23,24)20-11-14-3-5-16(19)6-4-14/h3-8,10,12,20H,9,11H2,1-2H3. The minimum Gasteiger partial charge on any atom is -0.309 e. The van der Waals surface area contributed by atoms with E-state index in [0.29, 0.717) is 12.0 Å². The molecule has 3 rings (SSSR count). The van der Waals surface area contributed by atoms with Crippen LogP contribution in [0.4, 0.5) is 10.1 Å². The average Bonchev–Trinajstić information content (AvgIpc) is 2.89. The maximum absolute atomic E-state index is 12.9. The van der Waals surface area contributed by atoms with E-state index in [-0.39, 0.29) is 29.2 Å². The number of carbonyl (C=O) groups is 1. The lowest BCUT2D eigenvalue weighted by Gasteiger charge is -2.20. The molecule has 0 aliphatic carbocycles. The van der Waals surface area contributed by atoms with Crippen LogP contribution in [-0.2, 0) is 27.8 Å². The van der Waals surface area contributed by atoms with Gasteiger partial charge in [-0.2, -0.15) is 0 Å². The number of benzene rings is 2. The highest BCUT2D eigenvalue weighted by Gasteiger charge is 2.30. The number of fused-ring (bicyclic) bond motifs is 1. The van der Waals surface area contributed by atoms with Crippen molar-refractivity contribution in [3.05, 3.63) is 59.4 Å². The highest BCUT2D eigenvalue weighted by atomic mass is 32.2. The molecule has 0 spiro atoms. The Kier molecular flexibility index (Phi) is 4.62. The Morgan fingerprint density at radius 1 is 1.24 bits per heavy atom. The first kappa shape index (κ1) is 17.6. The summed E-state index contributed by atoms with van der Waals surface area (Å²) in [5.74, 6) is -0.425. The number of amides is 1. The molecule has 2 aromatic carbocycles. The van der Waals surface area contributed by atoms with Crippen LogP contribution in [0.3, 0.4) is 0 Å². The van der Waals surface area contributed by atoms with Gasteiger partial charge in [0.1, 0.15) is 5.82 Å². The first-order chi connectivity index (χ1) is 11.8. The van der Waals surface area contributed by atoms with Gasteiger partial charge in [0.05, 0.1) is 4.90 Å². The Balaban J connectivity index is 1.81. The summed E-state index contributed by atoms with van der Waals surface area (Å²) in [6, 6.07) is 10.4. The van der Waals surface area contributed by atoms with Crippen LogP contribution >= 0.6 is 0 Å². The van der Waals surface area contributed by atoms with E-state index in [1.54, 1.807) is 17.0 Å². The summed E-state index contributed by atoms with van der Waals surface area (Å²) >= 11 is 0. The van der Waals surface area contributed by atoms with Crippen molar-refractivity contribution in [3.8, 4) is 0 Å². The van der Waals surface area contributed by atoms with E-state index in [9.17, 15) is 17.6 Å². The summed E-state index contributed by atoms with van der Waals surface area (Å²) in [4.78, 5) is 13.6. The molecule has 0 radical (unpaired) electrons. The third-order valence-electron chi connectivity index (χ3n) is 4.30. The van der Waals surface area contributed by atoms with E-state index in [1.165, 1.54) is 37.3 Å². The zero-order valence-electron chi connectivity index (χ0n) is 14.0. The molecule has 7 heteroatoms. The van der Waals surface area contributed by atoms with Crippen LogP contribution in [0.15, 0.2) is 47.4 Å². The Morgan fingerprint density at radius 2 is 1.92 bits per heavy atom. The van der Waals surface area contributed by atoms with Crippen LogP contribution < -0.4 is 9.62 Å². The third kappa shape index (κ3) is 3.57. The molecule has 1 aliphatic rings. The van der Waals surface area contributed by atoms with E-state index >= 15 is 0 Å². The van der Waals surface area contributed by atoms with Crippen molar-refractivity contribution in [2.45, 2.75) is 37.8 Å². The molecule has 1 atom stereocenters. The normalized spacial score (nSPS) is 16.8. The molecular weight excluding hydrogens is 343 g/mol. The Morgan fingerprint density at radius 3 is 2.56 bits per heavy atom. The minimum atomic E-state index is -3.69. The van der Waals surface area contributed by atoms with Gasteiger partial charge in [-0.3, -0.25) is 4.79 Å². The highest BCUT2D eigenvalue weighted by molar-refractivity contribution is 7.89. The summed E-state index contributed by atoms with van der Waals surface area (Å²) in [6.07, 6.45) is 0.621. The highest BCUT2D eigenvalue weighted by Crippen LogP contribution is 2.33. The van der Waals surface area contributed by atoms with Crippen LogP contribution in [0.5, 0.6) is 0 Å². The summed E-state index contributed by atoms with van der Waals surface area (Å²) in [6.45, 7) is 3.51. The maximum Gasteiger partial charge on any atom is 0.240 e. The molecule has 0 aromatic heterocycles. The predicted octanol–water partition coefficient (Wildman–Crippen LogP) is 2.60. The second-order valence-corrected chi connectivity index (χ2v) is 7.95. The van der Waals surface area contributed by atoms with Gasteiger partial charge in [0.2, 0.25) is 15.9 Å². The van der Waals surface area contributed by atoms with Gasteiger partial charge in [-0.1, -0.05) is 12.1 Å². The molecule has 0 saturated heterocycles. The fourth-order valence-electron chi connectivity index (χ4n) is 3.12. The second-order valence-electron chi connectivity index (χ2n) is 6.18. The first-order valence-corrected chi connectivity index (χ1v) is 9.43. The van der Waals surface area contributed by atoms with Crippen LogP contribution in [0.25, 0.3) is 0 Å². The quantitative estimate of drug-likeness (QED) is 0.909. The zero-order valence-corrected chi connectivity index (χ0v) is 14.8. The van der Waals surface area contributed by atoms with Crippen molar-refractivity contribution < 1.29 is 17.6 Å². The number of hydrogen-bond donors (Lipinski definition) is 1. The maximum atomic E-state index is 12.9. The number of anilines is 1. The van der Waals surface area contributed by atoms with E-state index < -0.39 is 10.0 Å². The minimum absolute atomic E-state index is 0.0117. The fraction of sp³-hybridized carbons (Fsp3) is 0.278. The molecule has 1 N–H and O–H groups in total. The van der Waals surface area contributed by atoms with Gasteiger partial charge in [-0.15, -0.1) is 0 Å². The lowest BCUT2D eigenvalue weighted by atomic mass is 10.1. The second kappa shape index (κ2) is 6.57. The lowest BCUT2D eigenvalue weighted by molar-refractivity contribution is -0.116. The number of rotatable bonds is 4. The molecule has 25 heavy (non-hydrogen) atoms. The van der Waals surface area contributed by atoms with E-state index in [0.717, 1.165) is 11.3 Å². The molecule has 0 bridgehead atoms. The number of sulfonamides is 1. The topological polar surface area (TPSA) is 66.5 Å². The number of carbonyl (C=O) groups excluding carboxylic acids is 1. The zero-order chi connectivity index (χ0) is 18.2. The van der Waals surface area contributed by atoms with Gasteiger partial charge in [0.15, 0.2) is 0 Å². The van der Waals surface area contributed by atoms with Crippen molar-refractivity contribution in [2.75, 3.05) is 4.90 Å². The molecule has 2 aromatic rings. The summed E-state index contributed by atoms with van der Waals surface area (Å²) in [7, 11) is -3.69. The summed E-state index contributed by atoms with van der Waals surface area (Å²) in [5.41, 5.74) is 2.27. The van der Waals surface area contributed by atoms with Gasteiger partial charge < -0.3 is 4.90 Å². The number of nitrogens with zero attached hydrogens (tertiary/aromatic N) is 1. The van der Waals surface area contributed by atoms with E-state index in [4.69, 9.17) is 0 Å². The van der Waals surface area contributed by atoms with Crippen LogP contribution in [0, 0.1) is 5.82 Å². The average molecular weight is 362 g/mol. The van der Waals surface area contributed by atoms with Gasteiger partial charge in [-0.05, 0) is 54.8 Å².